The van der Waals surface area contributed by atoms with Gasteiger partial charge in [0.05, 0.1) is 10.6 Å². The first-order valence-electron chi connectivity index (χ1n) is 6.96. The van der Waals surface area contributed by atoms with Crippen LogP contribution >= 0.6 is 11.6 Å². The maximum absolute atomic E-state index is 12.5. The molecule has 2 N–H and O–H groups in total. The summed E-state index contributed by atoms with van der Waals surface area (Å²) in [6.45, 7) is 2.41. The number of rotatable bonds is 3. The minimum Gasteiger partial charge on any atom is -0.508 e. The Bertz CT molecular complexity index is 561. The van der Waals surface area contributed by atoms with Gasteiger partial charge in [-0.05, 0) is 37.0 Å². The second-order valence-corrected chi connectivity index (χ2v) is 5.72. The molecule has 2 unspecified atom stereocenters. The van der Waals surface area contributed by atoms with E-state index in [2.05, 4.69) is 0 Å². The zero-order valence-electron chi connectivity index (χ0n) is 11.8. The number of aromatic hydroxyl groups is 1. The average Bonchev–Trinajstić information content (AvgIpc) is 2.48. The number of amides is 1. The molecule has 6 heteroatoms. The van der Waals surface area contributed by atoms with Crippen LogP contribution in [0.4, 0.5) is 0 Å². The van der Waals surface area contributed by atoms with E-state index in [0.717, 1.165) is 12.8 Å². The van der Waals surface area contributed by atoms with Gasteiger partial charge in [0, 0.05) is 6.54 Å². The molecule has 114 valence electrons. The summed E-state index contributed by atoms with van der Waals surface area (Å²) in [5.74, 6) is -1.21. The Labute approximate surface area is 128 Å². The lowest BCUT2D eigenvalue weighted by atomic mass is 9.88. The van der Waals surface area contributed by atoms with Crippen molar-refractivity contribution in [2.75, 3.05) is 6.54 Å². The van der Waals surface area contributed by atoms with E-state index in [1.54, 1.807) is 0 Å². The fourth-order valence-corrected chi connectivity index (χ4v) is 2.92. The van der Waals surface area contributed by atoms with Crippen LogP contribution in [0.2, 0.25) is 5.02 Å². The van der Waals surface area contributed by atoms with Gasteiger partial charge in [-0.25, -0.2) is 4.79 Å². The molecule has 1 amide bonds. The number of carbonyl (C=O) groups excluding carboxylic acids is 1. The number of aliphatic carboxylic acids is 1. The van der Waals surface area contributed by atoms with Crippen LogP contribution < -0.4 is 0 Å². The number of phenolic OH excluding ortho intramolecular Hbond substituents is 1. The molecule has 0 aliphatic carbocycles. The van der Waals surface area contributed by atoms with Crippen molar-refractivity contribution in [2.45, 2.75) is 32.2 Å². The van der Waals surface area contributed by atoms with E-state index in [1.807, 2.05) is 6.92 Å². The SMILES string of the molecule is CCC1CCN(C(=O)c2cc(O)ccc2Cl)C(C(=O)O)C1. The molecule has 2 rings (SSSR count). The van der Waals surface area contributed by atoms with Gasteiger partial charge in [0.25, 0.3) is 5.91 Å². The summed E-state index contributed by atoms with van der Waals surface area (Å²) < 4.78 is 0. The zero-order chi connectivity index (χ0) is 15.6. The predicted molar refractivity (Wildman–Crippen MR) is 78.6 cm³/mol. The van der Waals surface area contributed by atoms with Gasteiger partial charge in [0.15, 0.2) is 0 Å². The van der Waals surface area contributed by atoms with Crippen LogP contribution in [-0.4, -0.2) is 39.6 Å². The second-order valence-electron chi connectivity index (χ2n) is 5.32. The highest BCUT2D eigenvalue weighted by Crippen LogP contribution is 2.29. The van der Waals surface area contributed by atoms with Gasteiger partial charge in [0.2, 0.25) is 0 Å². The van der Waals surface area contributed by atoms with Crippen LogP contribution in [0.15, 0.2) is 18.2 Å². The fraction of sp³-hybridized carbons (Fsp3) is 0.467. The van der Waals surface area contributed by atoms with Gasteiger partial charge in [0.1, 0.15) is 11.8 Å². The average molecular weight is 312 g/mol. The van der Waals surface area contributed by atoms with E-state index in [-0.39, 0.29) is 16.3 Å². The molecule has 1 aromatic rings. The van der Waals surface area contributed by atoms with Gasteiger partial charge in [-0.15, -0.1) is 0 Å². The van der Waals surface area contributed by atoms with Crippen LogP contribution in [-0.2, 0) is 4.79 Å². The van der Waals surface area contributed by atoms with E-state index in [4.69, 9.17) is 11.6 Å². The summed E-state index contributed by atoms with van der Waals surface area (Å²) in [4.78, 5) is 25.3. The minimum absolute atomic E-state index is 0.0712. The topological polar surface area (TPSA) is 77.8 Å². The highest BCUT2D eigenvalue weighted by atomic mass is 35.5. The van der Waals surface area contributed by atoms with Crippen LogP contribution in [0.1, 0.15) is 36.5 Å². The molecule has 1 aliphatic heterocycles. The summed E-state index contributed by atoms with van der Waals surface area (Å²) in [5.41, 5.74) is 0.137. The molecule has 0 saturated carbocycles. The Morgan fingerprint density at radius 3 is 2.76 bits per heavy atom. The number of nitrogens with zero attached hydrogens (tertiary/aromatic N) is 1. The lowest BCUT2D eigenvalue weighted by Crippen LogP contribution is -2.50. The van der Waals surface area contributed by atoms with Crippen LogP contribution in [0.5, 0.6) is 5.75 Å². The Kier molecular flexibility index (Phi) is 4.73. The van der Waals surface area contributed by atoms with Gasteiger partial charge in [-0.1, -0.05) is 24.9 Å². The third-order valence-corrected chi connectivity index (χ3v) is 4.34. The largest absolute Gasteiger partial charge is 0.508 e. The van der Waals surface area contributed by atoms with Gasteiger partial charge < -0.3 is 15.1 Å². The van der Waals surface area contributed by atoms with E-state index in [1.165, 1.54) is 23.1 Å². The van der Waals surface area contributed by atoms with Gasteiger partial charge >= 0.3 is 5.97 Å². The molecule has 1 heterocycles. The Morgan fingerprint density at radius 1 is 1.43 bits per heavy atom. The highest BCUT2D eigenvalue weighted by Gasteiger charge is 2.36. The predicted octanol–water partition coefficient (Wildman–Crippen LogP) is 2.76. The number of benzene rings is 1. The van der Waals surface area contributed by atoms with E-state index in [0.29, 0.717) is 18.9 Å². The molecule has 0 bridgehead atoms. The quantitative estimate of drug-likeness (QED) is 0.899. The maximum Gasteiger partial charge on any atom is 0.326 e. The van der Waals surface area contributed by atoms with Crippen molar-refractivity contribution in [3.63, 3.8) is 0 Å². The standard InChI is InChI=1S/C15H18ClNO4/c1-2-9-5-6-17(13(7-9)15(20)21)14(19)11-8-10(18)3-4-12(11)16/h3-4,8-9,13,18H,2,5-7H2,1H3,(H,20,21). The van der Waals surface area contributed by atoms with E-state index < -0.39 is 17.9 Å². The van der Waals surface area contributed by atoms with Crippen molar-refractivity contribution in [1.29, 1.82) is 0 Å². The number of carbonyl (C=O) groups is 2. The van der Waals surface area contributed by atoms with Crippen molar-refractivity contribution in [3.05, 3.63) is 28.8 Å². The lowest BCUT2D eigenvalue weighted by molar-refractivity contribution is -0.144. The molecular weight excluding hydrogens is 294 g/mol. The smallest absolute Gasteiger partial charge is 0.326 e. The number of halogens is 1. The summed E-state index contributed by atoms with van der Waals surface area (Å²) in [7, 11) is 0. The molecule has 1 aromatic carbocycles. The van der Waals surface area contributed by atoms with E-state index >= 15 is 0 Å². The molecule has 2 atom stereocenters. The van der Waals surface area contributed by atoms with Crippen molar-refractivity contribution >= 4 is 23.5 Å². The summed E-state index contributed by atoms with van der Waals surface area (Å²) >= 11 is 5.99. The van der Waals surface area contributed by atoms with Crippen LogP contribution in [0.25, 0.3) is 0 Å². The van der Waals surface area contributed by atoms with Crippen molar-refractivity contribution in [3.8, 4) is 5.75 Å². The highest BCUT2D eigenvalue weighted by molar-refractivity contribution is 6.33. The number of phenols is 1. The monoisotopic (exact) mass is 311 g/mol. The number of hydrogen-bond acceptors (Lipinski definition) is 3. The zero-order valence-corrected chi connectivity index (χ0v) is 12.5. The van der Waals surface area contributed by atoms with Gasteiger partial charge in [-0.2, -0.15) is 0 Å². The van der Waals surface area contributed by atoms with E-state index in [9.17, 15) is 19.8 Å². The third-order valence-electron chi connectivity index (χ3n) is 4.01. The Balaban J connectivity index is 2.28. The Hall–Kier alpha value is -1.75. The molecular formula is C15H18ClNO4. The molecule has 5 nitrogen and oxygen atoms in total. The second kappa shape index (κ2) is 6.35. The number of piperidine rings is 1. The number of likely N-dealkylation sites (tertiary alicyclic amines) is 1. The van der Waals surface area contributed by atoms with Crippen molar-refractivity contribution in [1.82, 2.24) is 4.90 Å². The normalized spacial score (nSPS) is 22.1. The Morgan fingerprint density at radius 2 is 2.14 bits per heavy atom. The molecule has 21 heavy (non-hydrogen) atoms. The van der Waals surface area contributed by atoms with Crippen molar-refractivity contribution in [2.24, 2.45) is 5.92 Å². The third kappa shape index (κ3) is 3.29. The molecule has 0 aromatic heterocycles. The first-order chi connectivity index (χ1) is 9.93. The van der Waals surface area contributed by atoms with Gasteiger partial charge in [-0.3, -0.25) is 4.79 Å². The molecule has 1 saturated heterocycles. The number of carboxylic acid groups (broad SMARTS) is 1. The maximum atomic E-state index is 12.5. The number of carboxylic acids is 1. The summed E-state index contributed by atoms with van der Waals surface area (Å²) in [6, 6.07) is 3.25. The molecule has 1 fully saturated rings. The summed E-state index contributed by atoms with van der Waals surface area (Å²) in [5, 5.41) is 19.1. The summed E-state index contributed by atoms with van der Waals surface area (Å²) in [6.07, 6.45) is 2.13. The van der Waals surface area contributed by atoms with Crippen LogP contribution in [0.3, 0.4) is 0 Å². The van der Waals surface area contributed by atoms with Crippen molar-refractivity contribution < 1.29 is 19.8 Å². The first kappa shape index (κ1) is 15.6. The number of hydrogen-bond donors (Lipinski definition) is 2. The molecule has 1 aliphatic rings. The lowest BCUT2D eigenvalue weighted by Gasteiger charge is -2.37. The molecule has 0 radical (unpaired) electrons. The fourth-order valence-electron chi connectivity index (χ4n) is 2.72. The minimum atomic E-state index is -1.00. The molecule has 0 spiro atoms. The van der Waals surface area contributed by atoms with Crippen LogP contribution in [0, 0.1) is 5.92 Å². The first-order valence-corrected chi connectivity index (χ1v) is 7.34.